The van der Waals surface area contributed by atoms with Crippen molar-refractivity contribution in [3.8, 4) is 0 Å². The number of benzene rings is 2. The minimum Gasteiger partial charge on any atom is -0.319 e. The van der Waals surface area contributed by atoms with Gasteiger partial charge in [-0.25, -0.2) is 0 Å². The van der Waals surface area contributed by atoms with Crippen molar-refractivity contribution in [1.29, 1.82) is 0 Å². The first-order chi connectivity index (χ1) is 9.20. The molecule has 0 aromatic heterocycles. The molecule has 0 aliphatic heterocycles. The van der Waals surface area contributed by atoms with Crippen molar-refractivity contribution in [1.82, 2.24) is 5.32 Å². The number of rotatable bonds is 5. The molecule has 0 bridgehead atoms. The largest absolute Gasteiger partial charge is 0.319 e. The Morgan fingerprint density at radius 3 is 2.53 bits per heavy atom. The Labute approximate surface area is 124 Å². The van der Waals surface area contributed by atoms with E-state index < -0.39 is 0 Å². The average molecular weight is 294 g/mol. The number of likely N-dealkylation sites (N-methyl/N-ethyl adjacent to an activating group) is 1. The Morgan fingerprint density at radius 2 is 1.84 bits per heavy atom. The fourth-order valence-electron chi connectivity index (χ4n) is 2.24. The van der Waals surface area contributed by atoms with E-state index in [1.54, 1.807) is 0 Å². The first-order valence-corrected chi connectivity index (χ1v) is 7.09. The third kappa shape index (κ3) is 3.97. The molecule has 100 valence electrons. The van der Waals surface area contributed by atoms with Crippen LogP contribution in [0.15, 0.2) is 48.5 Å². The highest BCUT2D eigenvalue weighted by molar-refractivity contribution is 6.31. The molecule has 0 amide bonds. The van der Waals surface area contributed by atoms with E-state index in [-0.39, 0.29) is 0 Å². The van der Waals surface area contributed by atoms with Crippen LogP contribution in [0.1, 0.15) is 17.0 Å². The van der Waals surface area contributed by atoms with E-state index in [9.17, 15) is 0 Å². The Morgan fingerprint density at radius 1 is 1.05 bits per heavy atom. The van der Waals surface area contributed by atoms with E-state index in [4.69, 9.17) is 23.2 Å². The first kappa shape index (κ1) is 14.4. The number of hydrogen-bond acceptors (Lipinski definition) is 1. The van der Waals surface area contributed by atoms with Crippen molar-refractivity contribution in [2.75, 3.05) is 13.6 Å². The van der Waals surface area contributed by atoms with Crippen molar-refractivity contribution in [2.24, 2.45) is 0 Å². The summed E-state index contributed by atoms with van der Waals surface area (Å²) in [6.07, 6.45) is 0.904. The normalized spacial score (nSPS) is 12.4. The zero-order chi connectivity index (χ0) is 13.7. The molecule has 2 rings (SSSR count). The topological polar surface area (TPSA) is 12.0 Å². The summed E-state index contributed by atoms with van der Waals surface area (Å²) in [6.45, 7) is 0.894. The molecule has 0 radical (unpaired) electrons. The zero-order valence-corrected chi connectivity index (χ0v) is 12.4. The maximum absolute atomic E-state index is 6.24. The fraction of sp³-hybridized carbons (Fsp3) is 0.250. The molecule has 1 atom stereocenters. The van der Waals surface area contributed by atoms with Crippen molar-refractivity contribution in [3.63, 3.8) is 0 Å². The summed E-state index contributed by atoms with van der Waals surface area (Å²) in [6, 6.07) is 16.0. The van der Waals surface area contributed by atoms with Crippen LogP contribution in [-0.4, -0.2) is 13.6 Å². The third-order valence-corrected chi connectivity index (χ3v) is 3.80. The lowest BCUT2D eigenvalue weighted by atomic mass is 9.92. The Bertz CT molecular complexity index is 540. The SMILES string of the molecule is CNCC(Cc1ccccc1Cl)c1cccc(Cl)c1. The highest BCUT2D eigenvalue weighted by Gasteiger charge is 2.13. The maximum atomic E-state index is 6.24. The van der Waals surface area contributed by atoms with E-state index in [0.29, 0.717) is 5.92 Å². The van der Waals surface area contributed by atoms with Crippen LogP contribution in [0.5, 0.6) is 0 Å². The van der Waals surface area contributed by atoms with Gasteiger partial charge in [0.05, 0.1) is 0 Å². The van der Waals surface area contributed by atoms with Gasteiger partial charge < -0.3 is 5.32 Å². The quantitative estimate of drug-likeness (QED) is 0.853. The molecule has 0 spiro atoms. The van der Waals surface area contributed by atoms with Crippen LogP contribution >= 0.6 is 23.2 Å². The van der Waals surface area contributed by atoms with Gasteiger partial charge in [0, 0.05) is 22.5 Å². The number of hydrogen-bond donors (Lipinski definition) is 1. The molecular weight excluding hydrogens is 277 g/mol. The molecule has 19 heavy (non-hydrogen) atoms. The summed E-state index contributed by atoms with van der Waals surface area (Å²) in [4.78, 5) is 0. The van der Waals surface area contributed by atoms with Gasteiger partial charge in [-0.2, -0.15) is 0 Å². The van der Waals surface area contributed by atoms with Crippen LogP contribution in [0.25, 0.3) is 0 Å². The lowest BCUT2D eigenvalue weighted by Crippen LogP contribution is -2.19. The molecule has 1 N–H and O–H groups in total. The molecular formula is C16H17Cl2N. The summed E-state index contributed by atoms with van der Waals surface area (Å²) < 4.78 is 0. The lowest BCUT2D eigenvalue weighted by Gasteiger charge is -2.18. The highest BCUT2D eigenvalue weighted by atomic mass is 35.5. The van der Waals surface area contributed by atoms with Gasteiger partial charge in [0.25, 0.3) is 0 Å². The zero-order valence-electron chi connectivity index (χ0n) is 10.9. The van der Waals surface area contributed by atoms with Gasteiger partial charge in [0.2, 0.25) is 0 Å². The summed E-state index contributed by atoms with van der Waals surface area (Å²) in [5, 5.41) is 4.84. The standard InChI is InChI=1S/C16H17Cl2N/c1-19-11-14(12-6-4-7-15(17)10-12)9-13-5-2-3-8-16(13)18/h2-8,10,14,19H,9,11H2,1H3. The molecule has 2 aromatic carbocycles. The molecule has 0 saturated heterocycles. The molecule has 1 unspecified atom stereocenters. The summed E-state index contributed by atoms with van der Waals surface area (Å²) in [5.74, 6) is 0.364. The van der Waals surface area contributed by atoms with E-state index in [0.717, 1.165) is 23.0 Å². The van der Waals surface area contributed by atoms with Crippen molar-refractivity contribution < 1.29 is 0 Å². The molecule has 0 aliphatic rings. The predicted molar refractivity (Wildman–Crippen MR) is 83.3 cm³/mol. The van der Waals surface area contributed by atoms with E-state index in [2.05, 4.69) is 17.4 Å². The maximum Gasteiger partial charge on any atom is 0.0438 e. The highest BCUT2D eigenvalue weighted by Crippen LogP contribution is 2.26. The van der Waals surface area contributed by atoms with Gasteiger partial charge in [0.15, 0.2) is 0 Å². The van der Waals surface area contributed by atoms with Gasteiger partial charge in [0.1, 0.15) is 0 Å². The van der Waals surface area contributed by atoms with E-state index in [1.165, 1.54) is 11.1 Å². The average Bonchev–Trinajstić information content (AvgIpc) is 2.40. The molecule has 2 aromatic rings. The van der Waals surface area contributed by atoms with Crippen LogP contribution in [0.3, 0.4) is 0 Å². The first-order valence-electron chi connectivity index (χ1n) is 6.34. The summed E-state index contributed by atoms with van der Waals surface area (Å²) >= 11 is 12.3. The third-order valence-electron chi connectivity index (χ3n) is 3.19. The minimum absolute atomic E-state index is 0.364. The summed E-state index contributed by atoms with van der Waals surface area (Å²) in [7, 11) is 1.96. The Kier molecular flexibility index (Phi) is 5.26. The van der Waals surface area contributed by atoms with Crippen molar-refractivity contribution in [3.05, 3.63) is 69.7 Å². The van der Waals surface area contributed by atoms with Gasteiger partial charge >= 0.3 is 0 Å². The van der Waals surface area contributed by atoms with Crippen LogP contribution in [0.2, 0.25) is 10.0 Å². The second-order valence-electron chi connectivity index (χ2n) is 4.61. The van der Waals surface area contributed by atoms with Crippen LogP contribution in [0.4, 0.5) is 0 Å². The number of halogens is 2. The second kappa shape index (κ2) is 6.95. The summed E-state index contributed by atoms with van der Waals surface area (Å²) in [5.41, 5.74) is 2.41. The Balaban J connectivity index is 2.24. The Hall–Kier alpha value is -1.02. The second-order valence-corrected chi connectivity index (χ2v) is 5.45. The molecule has 0 saturated carbocycles. The number of nitrogens with one attached hydrogen (secondary N) is 1. The fourth-order valence-corrected chi connectivity index (χ4v) is 2.66. The lowest BCUT2D eigenvalue weighted by molar-refractivity contribution is 0.626. The van der Waals surface area contributed by atoms with Crippen molar-refractivity contribution in [2.45, 2.75) is 12.3 Å². The predicted octanol–water partition coefficient (Wildman–Crippen LogP) is 4.54. The van der Waals surface area contributed by atoms with Crippen LogP contribution < -0.4 is 5.32 Å². The van der Waals surface area contributed by atoms with Gasteiger partial charge in [-0.3, -0.25) is 0 Å². The molecule has 3 heteroatoms. The molecule has 1 nitrogen and oxygen atoms in total. The minimum atomic E-state index is 0.364. The van der Waals surface area contributed by atoms with E-state index >= 15 is 0 Å². The smallest absolute Gasteiger partial charge is 0.0438 e. The van der Waals surface area contributed by atoms with Crippen LogP contribution in [0, 0.1) is 0 Å². The molecule has 0 fully saturated rings. The van der Waals surface area contributed by atoms with Crippen LogP contribution in [-0.2, 0) is 6.42 Å². The van der Waals surface area contributed by atoms with Gasteiger partial charge in [-0.05, 0) is 42.8 Å². The van der Waals surface area contributed by atoms with E-state index in [1.807, 2.05) is 43.4 Å². The molecule has 0 heterocycles. The monoisotopic (exact) mass is 293 g/mol. The molecule has 0 aliphatic carbocycles. The van der Waals surface area contributed by atoms with Gasteiger partial charge in [-0.1, -0.05) is 53.5 Å². The van der Waals surface area contributed by atoms with Gasteiger partial charge in [-0.15, -0.1) is 0 Å². The van der Waals surface area contributed by atoms with Crippen molar-refractivity contribution >= 4 is 23.2 Å².